The van der Waals surface area contributed by atoms with Crippen molar-refractivity contribution in [3.8, 4) is 5.75 Å². The lowest BCUT2D eigenvalue weighted by Gasteiger charge is -2.32. The Balaban J connectivity index is 1.62. The van der Waals surface area contributed by atoms with Crippen molar-refractivity contribution in [1.82, 2.24) is 14.9 Å². The van der Waals surface area contributed by atoms with Gasteiger partial charge in [0.1, 0.15) is 17.2 Å². The predicted octanol–water partition coefficient (Wildman–Crippen LogP) is 2.09. The maximum absolute atomic E-state index is 14.1. The highest BCUT2D eigenvalue weighted by atomic mass is 19.1. The Morgan fingerprint density at radius 2 is 2.20 bits per heavy atom. The van der Waals surface area contributed by atoms with Crippen LogP contribution < -0.4 is 15.8 Å². The van der Waals surface area contributed by atoms with Crippen molar-refractivity contribution in [2.75, 3.05) is 18.1 Å². The molecule has 2 aliphatic rings. The normalized spacial score (nSPS) is 18.7. The third kappa shape index (κ3) is 4.55. The molecule has 0 spiro atoms. The molecule has 0 saturated carbocycles. The average molecular weight is 485 g/mol. The number of anilines is 1. The van der Waals surface area contributed by atoms with E-state index >= 15 is 0 Å². The summed E-state index contributed by atoms with van der Waals surface area (Å²) in [6.45, 7) is 3.74. The van der Waals surface area contributed by atoms with E-state index in [2.05, 4.69) is 20.3 Å². The van der Waals surface area contributed by atoms with E-state index in [1.54, 1.807) is 13.8 Å². The first-order chi connectivity index (χ1) is 16.6. The lowest BCUT2D eigenvalue weighted by atomic mass is 10.1. The molecule has 3 heterocycles. The molecule has 2 aromatic rings. The van der Waals surface area contributed by atoms with Crippen LogP contribution in [0.1, 0.15) is 48.6 Å². The smallest absolute Gasteiger partial charge is 0.296 e. The summed E-state index contributed by atoms with van der Waals surface area (Å²) in [4.78, 5) is 46.4. The highest BCUT2D eigenvalue weighted by Gasteiger charge is 2.35. The Hall–Kier alpha value is -3.96. The number of ether oxygens (including phenoxy) is 1. The number of nitrogens with zero attached hydrogens (tertiary/aromatic N) is 6. The molecule has 0 bridgehead atoms. The minimum Gasteiger partial charge on any atom is -0.501 e. The summed E-state index contributed by atoms with van der Waals surface area (Å²) in [5.41, 5.74) is 7.15. The largest absolute Gasteiger partial charge is 0.501 e. The highest BCUT2D eigenvalue weighted by Crippen LogP contribution is 2.31. The molecule has 1 atom stereocenters. The quantitative estimate of drug-likeness (QED) is 0.361. The molecule has 184 valence electrons. The molecule has 4 rings (SSSR count). The van der Waals surface area contributed by atoms with Gasteiger partial charge in [-0.05, 0) is 43.5 Å². The number of amides is 2. The summed E-state index contributed by atoms with van der Waals surface area (Å²) in [5.74, 6) is -2.24. The van der Waals surface area contributed by atoms with E-state index in [0.717, 1.165) is 0 Å². The molecule has 1 aromatic carbocycles. The van der Waals surface area contributed by atoms with Crippen molar-refractivity contribution in [2.24, 2.45) is 5.11 Å². The first-order valence-corrected chi connectivity index (χ1v) is 11.0. The van der Waals surface area contributed by atoms with Gasteiger partial charge in [-0.25, -0.2) is 9.37 Å². The van der Waals surface area contributed by atoms with Crippen molar-refractivity contribution in [1.29, 1.82) is 0 Å². The molecule has 1 aromatic heterocycles. The van der Waals surface area contributed by atoms with Crippen LogP contribution in [0, 0.1) is 5.82 Å². The zero-order valence-electron chi connectivity index (χ0n) is 19.2. The summed E-state index contributed by atoms with van der Waals surface area (Å²) < 4.78 is 21.0. The Morgan fingerprint density at radius 1 is 1.43 bits per heavy atom. The fraction of sp³-hybridized carbons (Fsp3) is 0.455. The number of hydrogen-bond donors (Lipinski definition) is 2. The van der Waals surface area contributed by atoms with Gasteiger partial charge in [-0.1, -0.05) is 11.2 Å². The van der Waals surface area contributed by atoms with Gasteiger partial charge in [-0.2, -0.15) is 0 Å². The monoisotopic (exact) mass is 485 g/mol. The molecular formula is C22H24FN7O5. The Kier molecular flexibility index (Phi) is 6.46. The number of carbonyl (C=O) groups is 2. The van der Waals surface area contributed by atoms with E-state index in [-0.39, 0.29) is 50.1 Å². The van der Waals surface area contributed by atoms with E-state index in [9.17, 15) is 23.9 Å². The van der Waals surface area contributed by atoms with Gasteiger partial charge in [0.05, 0.1) is 18.8 Å². The van der Waals surface area contributed by atoms with Gasteiger partial charge in [0, 0.05) is 30.5 Å². The number of benzene rings is 1. The molecule has 1 saturated heterocycles. The number of aromatic nitrogens is 2. The van der Waals surface area contributed by atoms with Crippen LogP contribution in [0.15, 0.2) is 28.1 Å². The molecule has 0 aliphatic carbocycles. The first-order valence-electron chi connectivity index (χ1n) is 11.0. The van der Waals surface area contributed by atoms with Crippen molar-refractivity contribution < 1.29 is 23.8 Å². The minimum absolute atomic E-state index is 0.0271. The van der Waals surface area contributed by atoms with E-state index in [1.165, 1.54) is 27.7 Å². The van der Waals surface area contributed by atoms with Crippen molar-refractivity contribution in [3.63, 3.8) is 0 Å². The number of aromatic hydroxyl groups is 1. The number of rotatable bonds is 6. The molecule has 35 heavy (non-hydrogen) atoms. The number of nitrogens with one attached hydrogen (secondary N) is 1. The van der Waals surface area contributed by atoms with Crippen LogP contribution in [0.3, 0.4) is 0 Å². The second kappa shape index (κ2) is 9.35. The summed E-state index contributed by atoms with van der Waals surface area (Å²) in [7, 11) is 0. The Labute approximate surface area is 199 Å². The van der Waals surface area contributed by atoms with E-state index in [4.69, 9.17) is 10.3 Å². The highest BCUT2D eigenvalue weighted by molar-refractivity contribution is 5.97. The number of carbonyl (C=O) groups excluding carboxylic acids is 2. The van der Waals surface area contributed by atoms with Gasteiger partial charge in [0.2, 0.25) is 11.7 Å². The minimum atomic E-state index is -0.943. The lowest BCUT2D eigenvalue weighted by Crippen LogP contribution is -2.42. The standard InChI is InChI=1S/C22H24FN7O5/c1-22(2)21-27-17(18(32)20(34)29(21)7-8-35-22)19(33)25-10-12-3-4-13(23)9-15(12)30-14(11-26-28-24)5-6-16(30)31/h3-4,9,14,32H,5-8,10-11H2,1-2H3,(H,25,33). The summed E-state index contributed by atoms with van der Waals surface area (Å²) in [6.07, 6.45) is 0.650. The fourth-order valence-electron chi connectivity index (χ4n) is 4.37. The average Bonchev–Trinajstić information content (AvgIpc) is 3.18. The first kappa shape index (κ1) is 24.2. The Morgan fingerprint density at radius 3 is 2.94 bits per heavy atom. The lowest BCUT2D eigenvalue weighted by molar-refractivity contribution is -0.117. The molecular weight excluding hydrogens is 461 g/mol. The van der Waals surface area contributed by atoms with Gasteiger partial charge < -0.3 is 20.1 Å². The molecule has 2 aliphatic heterocycles. The van der Waals surface area contributed by atoms with Gasteiger partial charge in [-0.3, -0.25) is 19.0 Å². The SMILES string of the molecule is CC1(C)OCCn2c1nc(C(=O)NCc1ccc(F)cc1N1C(=O)CCC1CN=[N+]=[N-])c(O)c2=O. The van der Waals surface area contributed by atoms with Crippen molar-refractivity contribution in [3.05, 3.63) is 61.9 Å². The fourth-order valence-corrected chi connectivity index (χ4v) is 4.37. The second-order valence-corrected chi connectivity index (χ2v) is 8.77. The third-order valence-corrected chi connectivity index (χ3v) is 6.10. The van der Waals surface area contributed by atoms with Crippen LogP contribution in [0.2, 0.25) is 0 Å². The maximum atomic E-state index is 14.1. The van der Waals surface area contributed by atoms with Crippen LogP contribution in [0.5, 0.6) is 5.75 Å². The van der Waals surface area contributed by atoms with Crippen molar-refractivity contribution in [2.45, 2.75) is 51.4 Å². The van der Waals surface area contributed by atoms with Crippen molar-refractivity contribution >= 4 is 17.5 Å². The predicted molar refractivity (Wildman–Crippen MR) is 121 cm³/mol. The van der Waals surface area contributed by atoms with Crippen LogP contribution in [-0.4, -0.2) is 45.7 Å². The summed E-state index contributed by atoms with van der Waals surface area (Å²) in [5, 5.41) is 16.5. The zero-order chi connectivity index (χ0) is 25.3. The number of hydrogen-bond acceptors (Lipinski definition) is 7. The van der Waals surface area contributed by atoms with Gasteiger partial charge in [-0.15, -0.1) is 0 Å². The molecule has 2 amide bonds. The molecule has 1 fully saturated rings. The number of azide groups is 1. The molecule has 12 nitrogen and oxygen atoms in total. The zero-order valence-corrected chi connectivity index (χ0v) is 19.2. The van der Waals surface area contributed by atoms with Gasteiger partial charge in [0.15, 0.2) is 5.69 Å². The van der Waals surface area contributed by atoms with E-state index in [1.807, 2.05) is 0 Å². The molecule has 1 unspecified atom stereocenters. The van der Waals surface area contributed by atoms with E-state index in [0.29, 0.717) is 12.0 Å². The summed E-state index contributed by atoms with van der Waals surface area (Å²) >= 11 is 0. The number of halogens is 1. The molecule has 2 N–H and O–H groups in total. The van der Waals surface area contributed by atoms with Crippen LogP contribution in [0.4, 0.5) is 10.1 Å². The topological polar surface area (TPSA) is 163 Å². The number of fused-ring (bicyclic) bond motifs is 1. The molecule has 0 radical (unpaired) electrons. The van der Waals surface area contributed by atoms with Crippen LogP contribution in [0.25, 0.3) is 10.4 Å². The van der Waals surface area contributed by atoms with Crippen LogP contribution in [-0.2, 0) is 28.2 Å². The van der Waals surface area contributed by atoms with E-state index < -0.39 is 40.4 Å². The van der Waals surface area contributed by atoms with Gasteiger partial charge >= 0.3 is 0 Å². The molecule has 13 heteroatoms. The van der Waals surface area contributed by atoms with Crippen LogP contribution >= 0.6 is 0 Å². The third-order valence-electron chi connectivity index (χ3n) is 6.10. The summed E-state index contributed by atoms with van der Waals surface area (Å²) in [6, 6.07) is 3.35. The van der Waals surface area contributed by atoms with Gasteiger partial charge in [0.25, 0.3) is 11.5 Å². The Bertz CT molecular complexity index is 1300. The second-order valence-electron chi connectivity index (χ2n) is 8.77. The maximum Gasteiger partial charge on any atom is 0.296 e.